The second-order valence-electron chi connectivity index (χ2n) is 6.27. The molecule has 0 spiro atoms. The van der Waals surface area contributed by atoms with E-state index in [9.17, 15) is 4.79 Å². The third-order valence-corrected chi connectivity index (χ3v) is 4.72. The zero-order chi connectivity index (χ0) is 16.8. The van der Waals surface area contributed by atoms with Gasteiger partial charge in [0.2, 0.25) is 0 Å². The van der Waals surface area contributed by atoms with Crippen LogP contribution in [0.5, 0.6) is 0 Å². The molecule has 1 aliphatic rings. The van der Waals surface area contributed by atoms with Gasteiger partial charge in [-0.2, -0.15) is 0 Å². The number of carbonyl (C=O) groups excluding carboxylic acids is 1. The molecule has 0 unspecified atom stereocenters. The maximum atomic E-state index is 12.3. The first-order chi connectivity index (χ1) is 11.8. The van der Waals surface area contributed by atoms with Gasteiger partial charge in [0.15, 0.2) is 0 Å². The molecule has 0 aliphatic heterocycles. The van der Waals surface area contributed by atoms with Crippen LogP contribution in [0.1, 0.15) is 43.6 Å². The summed E-state index contributed by atoms with van der Waals surface area (Å²) in [7, 11) is 0. The zero-order valence-corrected chi connectivity index (χ0v) is 14.1. The molecule has 2 N–H and O–H groups in total. The Morgan fingerprint density at radius 3 is 2.79 bits per heavy atom. The van der Waals surface area contributed by atoms with E-state index >= 15 is 0 Å². The van der Waals surface area contributed by atoms with Crippen LogP contribution in [-0.2, 0) is 13.0 Å². The predicted molar refractivity (Wildman–Crippen MR) is 92.5 cm³/mol. The van der Waals surface area contributed by atoms with Gasteiger partial charge in [-0.3, -0.25) is 0 Å². The van der Waals surface area contributed by atoms with Gasteiger partial charge >= 0.3 is 6.03 Å². The first-order valence-corrected chi connectivity index (χ1v) is 8.74. The van der Waals surface area contributed by atoms with Crippen LogP contribution in [0.25, 0.3) is 0 Å². The number of hydrogen-bond acceptors (Lipinski definition) is 3. The number of rotatable bonds is 7. The monoisotopic (exact) mass is 327 g/mol. The highest BCUT2D eigenvalue weighted by atomic mass is 16.2. The number of hydrogen-bond donors (Lipinski definition) is 2. The topological polar surface area (TPSA) is 71.8 Å². The van der Waals surface area contributed by atoms with Crippen molar-refractivity contribution in [3.05, 3.63) is 48.0 Å². The second-order valence-corrected chi connectivity index (χ2v) is 6.27. The number of aryl methyl sites for hydroxylation is 1. The van der Waals surface area contributed by atoms with Crippen LogP contribution in [-0.4, -0.2) is 27.3 Å². The number of nitrogens with zero attached hydrogens (tertiary/aromatic N) is 3. The smallest absolute Gasteiger partial charge is 0.315 e. The Hall–Kier alpha value is -2.37. The van der Waals surface area contributed by atoms with E-state index in [1.54, 1.807) is 6.33 Å². The molecule has 2 aromatic rings. The molecule has 6 nitrogen and oxygen atoms in total. The largest absolute Gasteiger partial charge is 0.336 e. The lowest BCUT2D eigenvalue weighted by Gasteiger charge is -2.34. The quantitative estimate of drug-likeness (QED) is 0.821. The maximum Gasteiger partial charge on any atom is 0.315 e. The Morgan fingerprint density at radius 1 is 1.33 bits per heavy atom. The average Bonchev–Trinajstić information content (AvgIpc) is 3.01. The number of urea groups is 1. The standard InChI is InChI=1S/C18H25N5O/c1-2-16-22-20-13-23(16)12-11-19-18(24)21-17(15-9-6-10-15)14-7-4-3-5-8-14/h3-5,7-8,13,15,17H,2,6,9-12H2,1H3,(H2,19,21,24)/t17-/m0/s1. The molecule has 1 atom stereocenters. The lowest BCUT2D eigenvalue weighted by Crippen LogP contribution is -2.43. The SMILES string of the molecule is CCc1nncn1CCNC(=O)N[C@@H](c1ccccc1)C1CCC1. The van der Waals surface area contributed by atoms with Crippen LogP contribution in [0, 0.1) is 5.92 Å². The van der Waals surface area contributed by atoms with Gasteiger partial charge in [0, 0.05) is 19.5 Å². The van der Waals surface area contributed by atoms with Crippen molar-refractivity contribution in [1.29, 1.82) is 0 Å². The first-order valence-electron chi connectivity index (χ1n) is 8.74. The minimum Gasteiger partial charge on any atom is -0.336 e. The molecule has 0 bridgehead atoms. The highest BCUT2D eigenvalue weighted by Gasteiger charge is 2.29. The van der Waals surface area contributed by atoms with Crippen LogP contribution in [0.3, 0.4) is 0 Å². The molecule has 1 heterocycles. The second kappa shape index (κ2) is 7.95. The summed E-state index contributed by atoms with van der Waals surface area (Å²) >= 11 is 0. The fraction of sp³-hybridized carbons (Fsp3) is 0.500. The van der Waals surface area contributed by atoms with Gasteiger partial charge in [0.1, 0.15) is 12.2 Å². The summed E-state index contributed by atoms with van der Waals surface area (Å²) in [6.45, 7) is 3.29. The predicted octanol–water partition coefficient (Wildman–Crippen LogP) is 2.68. The molecule has 24 heavy (non-hydrogen) atoms. The van der Waals surface area contributed by atoms with E-state index in [-0.39, 0.29) is 12.1 Å². The van der Waals surface area contributed by atoms with Crippen molar-refractivity contribution in [2.75, 3.05) is 6.54 Å². The maximum absolute atomic E-state index is 12.3. The third kappa shape index (κ3) is 3.93. The van der Waals surface area contributed by atoms with Crippen molar-refractivity contribution in [2.24, 2.45) is 5.92 Å². The molecular weight excluding hydrogens is 302 g/mol. The molecule has 0 saturated heterocycles. The van der Waals surface area contributed by atoms with Crippen molar-refractivity contribution in [3.8, 4) is 0 Å². The summed E-state index contributed by atoms with van der Waals surface area (Å²) in [5.74, 6) is 1.48. The highest BCUT2D eigenvalue weighted by Crippen LogP contribution is 2.37. The van der Waals surface area contributed by atoms with Crippen molar-refractivity contribution in [1.82, 2.24) is 25.4 Å². The van der Waals surface area contributed by atoms with Gasteiger partial charge in [-0.1, -0.05) is 43.7 Å². The third-order valence-electron chi connectivity index (χ3n) is 4.72. The van der Waals surface area contributed by atoms with Crippen LogP contribution in [0.4, 0.5) is 4.79 Å². The lowest BCUT2D eigenvalue weighted by molar-refractivity contribution is 0.207. The lowest BCUT2D eigenvalue weighted by atomic mass is 9.77. The van der Waals surface area contributed by atoms with E-state index in [0.717, 1.165) is 12.2 Å². The molecule has 1 aliphatic carbocycles. The van der Waals surface area contributed by atoms with Crippen molar-refractivity contribution >= 4 is 6.03 Å². The Bertz CT molecular complexity index is 650. The molecule has 6 heteroatoms. The van der Waals surface area contributed by atoms with Gasteiger partial charge in [0.05, 0.1) is 6.04 Å². The molecule has 3 rings (SSSR count). The van der Waals surface area contributed by atoms with E-state index < -0.39 is 0 Å². The van der Waals surface area contributed by atoms with Crippen LogP contribution >= 0.6 is 0 Å². The molecular formula is C18H25N5O. The van der Waals surface area contributed by atoms with E-state index in [1.165, 1.54) is 24.8 Å². The van der Waals surface area contributed by atoms with Gasteiger partial charge in [-0.25, -0.2) is 4.79 Å². The van der Waals surface area contributed by atoms with Crippen molar-refractivity contribution in [3.63, 3.8) is 0 Å². The molecule has 2 amide bonds. The molecule has 128 valence electrons. The fourth-order valence-electron chi connectivity index (χ4n) is 3.13. The summed E-state index contributed by atoms with van der Waals surface area (Å²) in [6.07, 6.45) is 6.16. The number of aromatic nitrogens is 3. The molecule has 1 saturated carbocycles. The highest BCUT2D eigenvalue weighted by molar-refractivity contribution is 5.74. The van der Waals surface area contributed by atoms with Crippen LogP contribution in [0.15, 0.2) is 36.7 Å². The van der Waals surface area contributed by atoms with Crippen LogP contribution < -0.4 is 10.6 Å². The first kappa shape index (κ1) is 16.5. The summed E-state index contributed by atoms with van der Waals surface area (Å²) in [4.78, 5) is 12.3. The normalized spacial score (nSPS) is 15.5. The molecule has 1 aromatic carbocycles. The number of amides is 2. The Morgan fingerprint density at radius 2 is 2.12 bits per heavy atom. The Labute approximate surface area is 142 Å². The fourth-order valence-corrected chi connectivity index (χ4v) is 3.13. The van der Waals surface area contributed by atoms with Crippen molar-refractivity contribution in [2.45, 2.75) is 45.2 Å². The van der Waals surface area contributed by atoms with E-state index in [2.05, 4.69) is 33.0 Å². The summed E-state index contributed by atoms with van der Waals surface area (Å²) in [5.41, 5.74) is 1.18. The molecule has 1 fully saturated rings. The number of benzene rings is 1. The van der Waals surface area contributed by atoms with Gasteiger partial charge in [-0.15, -0.1) is 10.2 Å². The van der Waals surface area contributed by atoms with Crippen LogP contribution in [0.2, 0.25) is 0 Å². The van der Waals surface area contributed by atoms with E-state index in [4.69, 9.17) is 0 Å². The summed E-state index contributed by atoms with van der Waals surface area (Å²) in [6, 6.07) is 10.2. The zero-order valence-electron chi connectivity index (χ0n) is 14.1. The average molecular weight is 327 g/mol. The minimum atomic E-state index is -0.109. The number of carbonyl (C=O) groups is 1. The molecule has 0 radical (unpaired) electrons. The number of nitrogens with one attached hydrogen (secondary N) is 2. The molecule has 1 aromatic heterocycles. The Kier molecular flexibility index (Phi) is 5.46. The summed E-state index contributed by atoms with van der Waals surface area (Å²) in [5, 5.41) is 14.1. The summed E-state index contributed by atoms with van der Waals surface area (Å²) < 4.78 is 1.97. The van der Waals surface area contributed by atoms with Gasteiger partial charge in [0.25, 0.3) is 0 Å². The Balaban J connectivity index is 1.52. The van der Waals surface area contributed by atoms with E-state index in [1.807, 2.05) is 29.7 Å². The van der Waals surface area contributed by atoms with Gasteiger partial charge < -0.3 is 15.2 Å². The van der Waals surface area contributed by atoms with Crippen molar-refractivity contribution < 1.29 is 4.79 Å². The minimum absolute atomic E-state index is 0.0982. The van der Waals surface area contributed by atoms with Gasteiger partial charge in [-0.05, 0) is 24.3 Å². The van der Waals surface area contributed by atoms with E-state index in [0.29, 0.717) is 19.0 Å².